The summed E-state index contributed by atoms with van der Waals surface area (Å²) in [6.07, 6.45) is 4.02. The summed E-state index contributed by atoms with van der Waals surface area (Å²) in [4.78, 5) is 19.4. The highest BCUT2D eigenvalue weighted by atomic mass is 16.5. The van der Waals surface area contributed by atoms with Crippen molar-refractivity contribution in [1.82, 2.24) is 15.1 Å². The van der Waals surface area contributed by atoms with Crippen LogP contribution in [0.5, 0.6) is 0 Å². The third-order valence-electron chi connectivity index (χ3n) is 2.55. The van der Waals surface area contributed by atoms with E-state index >= 15 is 0 Å². The van der Waals surface area contributed by atoms with Gasteiger partial charge in [0.2, 0.25) is 5.89 Å². The van der Waals surface area contributed by atoms with Crippen molar-refractivity contribution in [2.24, 2.45) is 0 Å². The van der Waals surface area contributed by atoms with Gasteiger partial charge in [-0.2, -0.15) is 4.98 Å². The quantitative estimate of drug-likeness (QED) is 0.801. The number of Topliss-reactive ketones (excluding diaryl/α,β-unsaturated/α-hetero) is 1. The van der Waals surface area contributed by atoms with E-state index in [2.05, 4.69) is 15.1 Å². The lowest BCUT2D eigenvalue weighted by Crippen LogP contribution is -2.04. The molecule has 17 heavy (non-hydrogen) atoms. The molecule has 2 heterocycles. The second kappa shape index (κ2) is 4.86. The molecule has 5 nitrogen and oxygen atoms in total. The van der Waals surface area contributed by atoms with Crippen molar-refractivity contribution in [2.45, 2.75) is 26.2 Å². The molecule has 0 radical (unpaired) electrons. The Kier molecular flexibility index (Phi) is 3.27. The van der Waals surface area contributed by atoms with Crippen LogP contribution in [0.1, 0.15) is 37.0 Å². The zero-order valence-electron chi connectivity index (χ0n) is 9.75. The van der Waals surface area contributed by atoms with Crippen LogP contribution in [-0.2, 0) is 11.2 Å². The predicted molar refractivity (Wildman–Crippen MR) is 60.4 cm³/mol. The van der Waals surface area contributed by atoms with E-state index in [0.29, 0.717) is 18.1 Å². The molecule has 0 saturated carbocycles. The standard InChI is InChI=1S/C12H13N3O2/c1-8(9(2)16)12-14-11(15-17-12)6-10-4-3-5-13-7-10/h3-5,7-8H,6H2,1-2H3. The van der Waals surface area contributed by atoms with Crippen LogP contribution in [0.15, 0.2) is 29.0 Å². The summed E-state index contributed by atoms with van der Waals surface area (Å²) in [5.74, 6) is 0.615. The molecule has 0 spiro atoms. The highest BCUT2D eigenvalue weighted by Crippen LogP contribution is 2.14. The van der Waals surface area contributed by atoms with Gasteiger partial charge in [0.15, 0.2) is 5.82 Å². The average molecular weight is 231 g/mol. The van der Waals surface area contributed by atoms with Crippen molar-refractivity contribution >= 4 is 5.78 Å². The fourth-order valence-corrected chi connectivity index (χ4v) is 1.37. The summed E-state index contributed by atoms with van der Waals surface area (Å²) in [6.45, 7) is 3.26. The Balaban J connectivity index is 2.11. The lowest BCUT2D eigenvalue weighted by atomic mass is 10.1. The van der Waals surface area contributed by atoms with Gasteiger partial charge in [0.25, 0.3) is 0 Å². The average Bonchev–Trinajstić information content (AvgIpc) is 2.77. The number of pyridine rings is 1. The van der Waals surface area contributed by atoms with E-state index in [-0.39, 0.29) is 11.7 Å². The number of rotatable bonds is 4. The zero-order valence-corrected chi connectivity index (χ0v) is 9.75. The minimum atomic E-state index is -0.342. The number of aromatic nitrogens is 3. The van der Waals surface area contributed by atoms with Gasteiger partial charge in [0, 0.05) is 18.8 Å². The molecular weight excluding hydrogens is 218 g/mol. The van der Waals surface area contributed by atoms with Crippen LogP contribution in [0.25, 0.3) is 0 Å². The first-order chi connectivity index (χ1) is 8.16. The smallest absolute Gasteiger partial charge is 0.236 e. The fraction of sp³-hybridized carbons (Fsp3) is 0.333. The Labute approximate surface area is 98.9 Å². The predicted octanol–water partition coefficient (Wildman–Crippen LogP) is 1.75. The molecule has 0 aliphatic carbocycles. The van der Waals surface area contributed by atoms with Crippen molar-refractivity contribution in [2.75, 3.05) is 0 Å². The lowest BCUT2D eigenvalue weighted by molar-refractivity contribution is -0.118. The third-order valence-corrected chi connectivity index (χ3v) is 2.55. The molecule has 2 aromatic rings. The van der Waals surface area contributed by atoms with Crippen molar-refractivity contribution in [3.05, 3.63) is 41.8 Å². The van der Waals surface area contributed by atoms with E-state index in [0.717, 1.165) is 5.56 Å². The van der Waals surface area contributed by atoms with Crippen LogP contribution >= 0.6 is 0 Å². The molecule has 2 rings (SSSR count). The molecule has 1 unspecified atom stereocenters. The number of hydrogen-bond acceptors (Lipinski definition) is 5. The van der Waals surface area contributed by atoms with Crippen LogP contribution < -0.4 is 0 Å². The minimum absolute atomic E-state index is 0.0153. The second-order valence-corrected chi connectivity index (χ2v) is 3.92. The molecule has 0 aliphatic rings. The number of ketones is 1. The Bertz CT molecular complexity index is 507. The molecule has 0 aliphatic heterocycles. The fourth-order valence-electron chi connectivity index (χ4n) is 1.37. The molecule has 88 valence electrons. The van der Waals surface area contributed by atoms with Gasteiger partial charge in [0.1, 0.15) is 5.78 Å². The summed E-state index contributed by atoms with van der Waals surface area (Å²) < 4.78 is 5.06. The zero-order chi connectivity index (χ0) is 12.3. The Hall–Kier alpha value is -2.04. The van der Waals surface area contributed by atoms with Crippen molar-refractivity contribution in [3.63, 3.8) is 0 Å². The Morgan fingerprint density at radius 3 is 3.00 bits per heavy atom. The minimum Gasteiger partial charge on any atom is -0.339 e. The maximum absolute atomic E-state index is 11.2. The number of hydrogen-bond donors (Lipinski definition) is 0. The summed E-state index contributed by atoms with van der Waals surface area (Å²) in [7, 11) is 0. The first-order valence-electron chi connectivity index (χ1n) is 5.38. The van der Waals surface area contributed by atoms with Gasteiger partial charge in [-0.1, -0.05) is 11.2 Å². The molecule has 0 bridgehead atoms. The van der Waals surface area contributed by atoms with Gasteiger partial charge < -0.3 is 4.52 Å². The van der Waals surface area contributed by atoms with E-state index in [1.54, 1.807) is 19.3 Å². The molecule has 0 fully saturated rings. The van der Waals surface area contributed by atoms with E-state index < -0.39 is 0 Å². The van der Waals surface area contributed by atoms with Crippen LogP contribution in [-0.4, -0.2) is 20.9 Å². The molecule has 0 saturated heterocycles. The second-order valence-electron chi connectivity index (χ2n) is 3.92. The van der Waals surface area contributed by atoms with E-state index in [4.69, 9.17) is 4.52 Å². The Morgan fingerprint density at radius 1 is 1.53 bits per heavy atom. The SMILES string of the molecule is CC(=O)C(C)c1nc(Cc2cccnc2)no1. The summed E-state index contributed by atoms with van der Waals surface area (Å²) in [6, 6.07) is 3.80. The van der Waals surface area contributed by atoms with Gasteiger partial charge in [-0.15, -0.1) is 0 Å². The van der Waals surface area contributed by atoms with Crippen molar-refractivity contribution < 1.29 is 9.32 Å². The molecule has 0 aromatic carbocycles. The van der Waals surface area contributed by atoms with Gasteiger partial charge in [-0.25, -0.2) is 0 Å². The number of carbonyl (C=O) groups is 1. The molecule has 5 heteroatoms. The maximum Gasteiger partial charge on any atom is 0.236 e. The highest BCUT2D eigenvalue weighted by molar-refractivity contribution is 5.81. The molecule has 2 aromatic heterocycles. The summed E-state index contributed by atoms with van der Waals surface area (Å²) in [5, 5.41) is 3.85. The first-order valence-corrected chi connectivity index (χ1v) is 5.38. The van der Waals surface area contributed by atoms with Gasteiger partial charge in [0.05, 0.1) is 5.92 Å². The molecule has 0 amide bonds. The Morgan fingerprint density at radius 2 is 2.35 bits per heavy atom. The van der Waals surface area contributed by atoms with E-state index in [1.165, 1.54) is 6.92 Å². The maximum atomic E-state index is 11.2. The number of carbonyl (C=O) groups excluding carboxylic acids is 1. The first kappa shape index (κ1) is 11.4. The van der Waals surface area contributed by atoms with Crippen molar-refractivity contribution in [1.29, 1.82) is 0 Å². The van der Waals surface area contributed by atoms with Crippen LogP contribution in [0.3, 0.4) is 0 Å². The summed E-state index contributed by atoms with van der Waals surface area (Å²) in [5.41, 5.74) is 1.01. The van der Waals surface area contributed by atoms with Crippen molar-refractivity contribution in [3.8, 4) is 0 Å². The van der Waals surface area contributed by atoms with Crippen LogP contribution in [0, 0.1) is 0 Å². The lowest BCUT2D eigenvalue weighted by Gasteiger charge is -1.98. The number of nitrogens with zero attached hydrogens (tertiary/aromatic N) is 3. The monoisotopic (exact) mass is 231 g/mol. The molecule has 0 N–H and O–H groups in total. The third kappa shape index (κ3) is 2.75. The van der Waals surface area contributed by atoms with E-state index in [1.807, 2.05) is 12.1 Å². The van der Waals surface area contributed by atoms with Gasteiger partial charge in [-0.3, -0.25) is 9.78 Å². The molecule has 1 atom stereocenters. The summed E-state index contributed by atoms with van der Waals surface area (Å²) >= 11 is 0. The van der Waals surface area contributed by atoms with Crippen LogP contribution in [0.2, 0.25) is 0 Å². The highest BCUT2D eigenvalue weighted by Gasteiger charge is 2.18. The molecular formula is C12H13N3O2. The van der Waals surface area contributed by atoms with Crippen LogP contribution in [0.4, 0.5) is 0 Å². The largest absolute Gasteiger partial charge is 0.339 e. The van der Waals surface area contributed by atoms with Gasteiger partial charge in [-0.05, 0) is 25.5 Å². The normalized spacial score (nSPS) is 12.4. The van der Waals surface area contributed by atoms with Gasteiger partial charge >= 0.3 is 0 Å². The topological polar surface area (TPSA) is 68.9 Å². The van der Waals surface area contributed by atoms with E-state index in [9.17, 15) is 4.79 Å².